The molecule has 0 spiro atoms. The van der Waals surface area contributed by atoms with Gasteiger partial charge >= 0.3 is 0 Å². The Labute approximate surface area is 208 Å². The van der Waals surface area contributed by atoms with Gasteiger partial charge in [0.2, 0.25) is 0 Å². The van der Waals surface area contributed by atoms with Crippen LogP contribution in [0.25, 0.3) is 0 Å². The lowest BCUT2D eigenvalue weighted by Crippen LogP contribution is -2.55. The van der Waals surface area contributed by atoms with Gasteiger partial charge in [-0.05, 0) is 31.4 Å². The van der Waals surface area contributed by atoms with Crippen molar-refractivity contribution in [2.75, 3.05) is 70.5 Å². The predicted octanol–water partition coefficient (Wildman–Crippen LogP) is 1.93. The molecule has 1 N–H and O–H groups in total. The van der Waals surface area contributed by atoms with Gasteiger partial charge in [0.05, 0.1) is 19.8 Å². The maximum absolute atomic E-state index is 12.6. The fourth-order valence-electron chi connectivity index (χ4n) is 4.46. The zero-order valence-corrected chi connectivity index (χ0v) is 21.3. The number of aliphatic imine (C=N–C) groups is 1. The zero-order valence-electron chi connectivity index (χ0n) is 19.0. The van der Waals surface area contributed by atoms with E-state index in [0.29, 0.717) is 26.2 Å². The van der Waals surface area contributed by atoms with E-state index >= 15 is 0 Å². The first kappa shape index (κ1) is 25.0. The Morgan fingerprint density at radius 2 is 1.78 bits per heavy atom. The van der Waals surface area contributed by atoms with Crippen molar-refractivity contribution in [3.63, 3.8) is 0 Å². The highest BCUT2D eigenvalue weighted by atomic mass is 127. The first-order valence-corrected chi connectivity index (χ1v) is 11.6. The highest BCUT2D eigenvalue weighted by molar-refractivity contribution is 14.0. The Balaban J connectivity index is 0.00000289. The van der Waals surface area contributed by atoms with Crippen molar-refractivity contribution in [2.45, 2.75) is 32.4 Å². The summed E-state index contributed by atoms with van der Waals surface area (Å²) in [5.41, 5.74) is 2.48. The predicted molar refractivity (Wildman–Crippen MR) is 137 cm³/mol. The van der Waals surface area contributed by atoms with Crippen LogP contribution in [0.1, 0.15) is 25.3 Å². The molecule has 178 valence electrons. The molecule has 1 unspecified atom stereocenters. The van der Waals surface area contributed by atoms with Gasteiger partial charge in [-0.3, -0.25) is 4.79 Å². The zero-order chi connectivity index (χ0) is 21.5. The van der Waals surface area contributed by atoms with Crippen molar-refractivity contribution in [3.05, 3.63) is 29.8 Å². The Hall–Kier alpha value is -1.59. The molecule has 0 aliphatic carbocycles. The van der Waals surface area contributed by atoms with Crippen LogP contribution in [-0.4, -0.2) is 93.4 Å². The van der Waals surface area contributed by atoms with Crippen LogP contribution in [0.15, 0.2) is 29.3 Å². The number of carbonyl (C=O) groups excluding carboxylic acids is 1. The third kappa shape index (κ3) is 6.26. The number of benzene rings is 1. The molecule has 3 fully saturated rings. The van der Waals surface area contributed by atoms with Crippen molar-refractivity contribution in [2.24, 2.45) is 4.99 Å². The number of ether oxygens (including phenoxy) is 2. The summed E-state index contributed by atoms with van der Waals surface area (Å²) < 4.78 is 11.1. The standard InChI is InChI=1S/C23H35N5O3.HI/c1-2-24-23(28-11-9-27(10-12-28)22(29)21-8-5-15-31-21)25-18-19-6-3-4-7-20(19)26-13-16-30-17-14-26;/h3-4,6-7,21H,2,5,8-18H2,1H3,(H,24,25);1H. The number of nitrogens with one attached hydrogen (secondary N) is 1. The molecule has 4 rings (SSSR count). The van der Waals surface area contributed by atoms with E-state index in [2.05, 4.69) is 46.3 Å². The number of nitrogens with zero attached hydrogens (tertiary/aromatic N) is 4. The van der Waals surface area contributed by atoms with Crippen LogP contribution in [0.5, 0.6) is 0 Å². The molecule has 1 amide bonds. The first-order chi connectivity index (χ1) is 15.3. The fraction of sp³-hybridized carbons (Fsp3) is 0.652. The van der Waals surface area contributed by atoms with Gasteiger partial charge in [0.25, 0.3) is 5.91 Å². The van der Waals surface area contributed by atoms with Crippen LogP contribution in [0, 0.1) is 0 Å². The molecule has 0 saturated carbocycles. The molecule has 1 aromatic rings. The van der Waals surface area contributed by atoms with Crippen LogP contribution >= 0.6 is 24.0 Å². The number of halogens is 1. The third-order valence-electron chi connectivity index (χ3n) is 6.17. The van der Waals surface area contributed by atoms with Gasteiger partial charge in [0.15, 0.2) is 5.96 Å². The molecule has 0 bridgehead atoms. The summed E-state index contributed by atoms with van der Waals surface area (Å²) in [6.07, 6.45) is 1.61. The fourth-order valence-corrected chi connectivity index (χ4v) is 4.46. The summed E-state index contributed by atoms with van der Waals surface area (Å²) in [4.78, 5) is 24.2. The molecule has 3 aliphatic heterocycles. The second-order valence-corrected chi connectivity index (χ2v) is 8.21. The van der Waals surface area contributed by atoms with E-state index in [4.69, 9.17) is 14.5 Å². The van der Waals surface area contributed by atoms with Crippen molar-refractivity contribution in [3.8, 4) is 0 Å². The minimum absolute atomic E-state index is 0. The number of rotatable bonds is 5. The van der Waals surface area contributed by atoms with E-state index in [1.54, 1.807) is 0 Å². The van der Waals surface area contributed by atoms with Crippen LogP contribution in [-0.2, 0) is 20.8 Å². The molecule has 32 heavy (non-hydrogen) atoms. The van der Waals surface area contributed by atoms with Crippen LogP contribution < -0.4 is 10.2 Å². The summed E-state index contributed by atoms with van der Waals surface area (Å²) in [6, 6.07) is 8.51. The summed E-state index contributed by atoms with van der Waals surface area (Å²) in [5.74, 6) is 1.07. The second-order valence-electron chi connectivity index (χ2n) is 8.21. The Morgan fingerprint density at radius 3 is 2.47 bits per heavy atom. The Bertz CT molecular complexity index is 758. The topological polar surface area (TPSA) is 69.6 Å². The number of hydrogen-bond acceptors (Lipinski definition) is 5. The Kier molecular flexibility index (Phi) is 9.86. The van der Waals surface area contributed by atoms with Crippen molar-refractivity contribution >= 4 is 41.5 Å². The largest absolute Gasteiger partial charge is 0.378 e. The number of piperazine rings is 1. The normalized spacial score (nSPS) is 22.0. The van der Waals surface area contributed by atoms with E-state index in [0.717, 1.165) is 64.7 Å². The number of anilines is 1. The molecule has 3 heterocycles. The minimum atomic E-state index is -0.231. The molecule has 3 saturated heterocycles. The van der Waals surface area contributed by atoms with Crippen molar-refractivity contribution in [1.29, 1.82) is 0 Å². The molecule has 0 radical (unpaired) electrons. The smallest absolute Gasteiger partial charge is 0.251 e. The summed E-state index contributed by atoms with van der Waals surface area (Å²) in [5, 5.41) is 3.43. The summed E-state index contributed by atoms with van der Waals surface area (Å²) in [7, 11) is 0. The maximum Gasteiger partial charge on any atom is 0.251 e. The first-order valence-electron chi connectivity index (χ1n) is 11.6. The van der Waals surface area contributed by atoms with Gasteiger partial charge in [0.1, 0.15) is 6.10 Å². The van der Waals surface area contributed by atoms with Gasteiger partial charge in [-0.15, -0.1) is 24.0 Å². The van der Waals surface area contributed by atoms with E-state index in [9.17, 15) is 4.79 Å². The highest BCUT2D eigenvalue weighted by Gasteiger charge is 2.31. The molecule has 3 aliphatic rings. The van der Waals surface area contributed by atoms with Gasteiger partial charge in [-0.2, -0.15) is 0 Å². The maximum atomic E-state index is 12.6. The lowest BCUT2D eigenvalue weighted by molar-refractivity contribution is -0.142. The lowest BCUT2D eigenvalue weighted by atomic mass is 10.1. The summed E-state index contributed by atoms with van der Waals surface area (Å²) in [6.45, 7) is 10.6. The number of carbonyl (C=O) groups is 1. The number of para-hydroxylation sites is 1. The Morgan fingerprint density at radius 1 is 1.06 bits per heavy atom. The monoisotopic (exact) mass is 557 g/mol. The average molecular weight is 557 g/mol. The number of amides is 1. The van der Waals surface area contributed by atoms with Crippen LogP contribution in [0.4, 0.5) is 5.69 Å². The second kappa shape index (κ2) is 12.6. The number of hydrogen-bond donors (Lipinski definition) is 1. The van der Waals surface area contributed by atoms with Crippen molar-refractivity contribution in [1.82, 2.24) is 15.1 Å². The molecular weight excluding hydrogens is 521 g/mol. The summed E-state index contributed by atoms with van der Waals surface area (Å²) >= 11 is 0. The van der Waals surface area contributed by atoms with E-state index < -0.39 is 0 Å². The number of guanidine groups is 1. The lowest BCUT2D eigenvalue weighted by Gasteiger charge is -2.37. The van der Waals surface area contributed by atoms with Crippen LogP contribution in [0.2, 0.25) is 0 Å². The van der Waals surface area contributed by atoms with Gasteiger partial charge in [-0.1, -0.05) is 18.2 Å². The van der Waals surface area contributed by atoms with Gasteiger partial charge in [-0.25, -0.2) is 4.99 Å². The molecule has 1 aromatic carbocycles. The van der Waals surface area contributed by atoms with E-state index in [1.165, 1.54) is 11.3 Å². The highest BCUT2D eigenvalue weighted by Crippen LogP contribution is 2.22. The molecule has 1 atom stereocenters. The van der Waals surface area contributed by atoms with Gasteiger partial charge in [0, 0.05) is 58.1 Å². The van der Waals surface area contributed by atoms with Crippen molar-refractivity contribution < 1.29 is 14.3 Å². The van der Waals surface area contributed by atoms with Crippen LogP contribution in [0.3, 0.4) is 0 Å². The quantitative estimate of drug-likeness (QED) is 0.339. The molecule has 8 nitrogen and oxygen atoms in total. The SMILES string of the molecule is CCNC(=NCc1ccccc1N1CCOCC1)N1CCN(C(=O)C2CCCO2)CC1.I. The minimum Gasteiger partial charge on any atom is -0.378 e. The average Bonchev–Trinajstić information content (AvgIpc) is 3.37. The molecule has 9 heteroatoms. The number of morpholine rings is 1. The molecule has 0 aromatic heterocycles. The third-order valence-corrected chi connectivity index (χ3v) is 6.17. The molecular formula is C23H36IN5O3. The van der Waals surface area contributed by atoms with E-state index in [-0.39, 0.29) is 36.0 Å². The van der Waals surface area contributed by atoms with E-state index in [1.807, 2.05) is 4.90 Å². The van der Waals surface area contributed by atoms with Gasteiger partial charge < -0.3 is 29.5 Å².